The molecule has 35 heavy (non-hydrogen) atoms. The van der Waals surface area contributed by atoms with Crippen molar-refractivity contribution < 1.29 is 44.7 Å². The van der Waals surface area contributed by atoms with E-state index in [4.69, 9.17) is 10.5 Å². The third kappa shape index (κ3) is 6.74. The van der Waals surface area contributed by atoms with Crippen LogP contribution in [0.25, 0.3) is 11.2 Å². The molecular weight excluding hydrogens is 509 g/mol. The van der Waals surface area contributed by atoms with E-state index in [9.17, 15) is 30.9 Å². The first-order valence-corrected chi connectivity index (χ1v) is 12.4. The van der Waals surface area contributed by atoms with Crippen molar-refractivity contribution in [3.8, 4) is 0 Å². The van der Waals surface area contributed by atoms with Gasteiger partial charge in [0.15, 0.2) is 30.2 Å². The van der Waals surface area contributed by atoms with Gasteiger partial charge in [-0.3, -0.25) is 13.6 Å². The van der Waals surface area contributed by atoms with E-state index in [2.05, 4.69) is 24.0 Å². The molecule has 2 aromatic heterocycles. The maximum atomic E-state index is 12.6. The van der Waals surface area contributed by atoms with Crippen LogP contribution in [0, 0.1) is 0 Å². The molecule has 0 unspecified atom stereocenters. The van der Waals surface area contributed by atoms with Crippen molar-refractivity contribution in [2.45, 2.75) is 50.2 Å². The Bertz CT molecular complexity index is 1080. The number of hydrogen-bond acceptors (Lipinski definition) is 9. The topological polar surface area (TPSA) is 118 Å². The molecule has 2 aromatic rings. The monoisotopic (exact) mass is 532 g/mol. The van der Waals surface area contributed by atoms with Gasteiger partial charge in [-0.2, -0.15) is 36.3 Å². The molecule has 3 heterocycles. The average Bonchev–Trinajstić information content (AvgIpc) is 3.13. The van der Waals surface area contributed by atoms with Crippen LogP contribution in [0.4, 0.5) is 38.1 Å². The van der Waals surface area contributed by atoms with E-state index in [0.717, 1.165) is 25.9 Å². The van der Waals surface area contributed by atoms with Crippen LogP contribution in [0.5, 0.6) is 0 Å². The summed E-state index contributed by atoms with van der Waals surface area (Å²) in [6.07, 6.45) is -6.64. The molecule has 0 bridgehead atoms. The van der Waals surface area contributed by atoms with Gasteiger partial charge >= 0.3 is 19.9 Å². The predicted octanol–water partition coefficient (Wildman–Crippen LogP) is 3.87. The minimum atomic E-state index is -4.92. The number of ether oxygens (including phenoxy) is 1. The number of nitrogen functional groups attached to an aromatic ring is 1. The second-order valence-corrected chi connectivity index (χ2v) is 10.5. The summed E-state index contributed by atoms with van der Waals surface area (Å²) in [4.78, 5) is 14.9. The number of hydrogen-bond donors (Lipinski definition) is 1. The quantitative estimate of drug-likeness (QED) is 0.360. The van der Waals surface area contributed by atoms with E-state index >= 15 is 0 Å². The Morgan fingerprint density at radius 1 is 1.03 bits per heavy atom. The Balaban J connectivity index is 1.48. The summed E-state index contributed by atoms with van der Waals surface area (Å²) >= 11 is 0. The molecule has 0 spiro atoms. The van der Waals surface area contributed by atoms with E-state index in [0.29, 0.717) is 29.8 Å². The zero-order valence-electron chi connectivity index (χ0n) is 18.3. The van der Waals surface area contributed by atoms with E-state index in [-0.39, 0.29) is 12.5 Å². The Hall–Kier alpha value is -2.16. The molecule has 0 radical (unpaired) electrons. The van der Waals surface area contributed by atoms with Crippen LogP contribution < -0.4 is 10.6 Å². The van der Waals surface area contributed by atoms with E-state index in [1.165, 1.54) is 6.33 Å². The highest BCUT2D eigenvalue weighted by Gasteiger charge is 2.48. The molecule has 2 fully saturated rings. The van der Waals surface area contributed by atoms with Crippen LogP contribution in [-0.4, -0.2) is 70.1 Å². The molecule has 2 aliphatic rings. The summed E-state index contributed by atoms with van der Waals surface area (Å²) in [5.74, 6) is 0.609. The fourth-order valence-electron chi connectivity index (χ4n) is 3.68. The van der Waals surface area contributed by atoms with Crippen LogP contribution in [0.3, 0.4) is 0 Å². The highest BCUT2D eigenvalue weighted by Crippen LogP contribution is 2.53. The smallest absolute Gasteiger partial charge is 0.368 e. The van der Waals surface area contributed by atoms with Crippen LogP contribution in [0.2, 0.25) is 0 Å². The van der Waals surface area contributed by atoms with Gasteiger partial charge in [0.25, 0.3) is 0 Å². The highest BCUT2D eigenvalue weighted by atomic mass is 31.2. The Labute approximate surface area is 195 Å². The second-order valence-electron chi connectivity index (χ2n) is 8.49. The van der Waals surface area contributed by atoms with E-state index in [1.807, 2.05) is 4.90 Å². The lowest BCUT2D eigenvalue weighted by Crippen LogP contribution is -2.25. The molecule has 4 rings (SSSR count). The fraction of sp³-hybridized carbons (Fsp3) is 0.722. The summed E-state index contributed by atoms with van der Waals surface area (Å²) in [5, 5.41) is 0. The lowest BCUT2D eigenvalue weighted by atomic mass is 10.3. The number of nitrogens with two attached hydrogens (primary N) is 1. The largest absolute Gasteiger partial charge is 0.412 e. The van der Waals surface area contributed by atoms with Gasteiger partial charge in [-0.25, -0.2) is 4.98 Å². The van der Waals surface area contributed by atoms with Crippen molar-refractivity contribution in [1.29, 1.82) is 0 Å². The van der Waals surface area contributed by atoms with Crippen molar-refractivity contribution in [2.75, 3.05) is 43.3 Å². The predicted molar refractivity (Wildman–Crippen MR) is 111 cm³/mol. The minimum absolute atomic E-state index is 0.0255. The number of anilines is 2. The van der Waals surface area contributed by atoms with Crippen molar-refractivity contribution in [2.24, 2.45) is 0 Å². The zero-order valence-corrected chi connectivity index (χ0v) is 19.2. The first-order valence-electron chi connectivity index (χ1n) is 10.7. The molecule has 17 heteroatoms. The van der Waals surface area contributed by atoms with E-state index in [1.54, 1.807) is 4.57 Å². The van der Waals surface area contributed by atoms with Gasteiger partial charge in [-0.1, -0.05) is 0 Å². The zero-order chi connectivity index (χ0) is 25.5. The fourth-order valence-corrected chi connectivity index (χ4v) is 5.02. The highest BCUT2D eigenvalue weighted by molar-refractivity contribution is 7.53. The van der Waals surface area contributed by atoms with Crippen LogP contribution in [-0.2, 0) is 24.9 Å². The lowest BCUT2D eigenvalue weighted by Gasteiger charge is -2.23. The average molecular weight is 532 g/mol. The Morgan fingerprint density at radius 3 is 2.17 bits per heavy atom. The normalized spacial score (nSPS) is 18.5. The van der Waals surface area contributed by atoms with Crippen LogP contribution in [0.15, 0.2) is 6.33 Å². The number of imidazole rings is 1. The number of rotatable bonds is 10. The Morgan fingerprint density at radius 2 is 1.63 bits per heavy atom. The standard InChI is InChI=1S/C18H23F6N6O4P/c19-17(20,21)8-33-35(31,34-9-18(22,23)24)11-32-16(3-4-16)7-30-10-26-12-13(29-5-1-2-6-29)27-15(25)28-14(12)30/h10H,1-9,11H2,(H2,25,27,28). The van der Waals surface area contributed by atoms with Gasteiger partial charge in [0, 0.05) is 13.1 Å². The number of alkyl halides is 6. The molecule has 0 aromatic carbocycles. The molecular formula is C18H23F6N6O4P. The summed E-state index contributed by atoms with van der Waals surface area (Å²) < 4.78 is 103. The number of nitrogens with zero attached hydrogens (tertiary/aromatic N) is 5. The third-order valence-corrected chi connectivity index (χ3v) is 7.00. The number of aromatic nitrogens is 4. The SMILES string of the molecule is Nc1nc(N2CCCC2)c2ncn(CC3(OCP(=O)(OCC(F)(F)F)OCC(F)(F)F)CC3)c2n1. The summed E-state index contributed by atoms with van der Waals surface area (Å²) in [5.41, 5.74) is 5.77. The van der Waals surface area contributed by atoms with Gasteiger partial charge in [0.2, 0.25) is 5.95 Å². The molecule has 1 saturated carbocycles. The molecule has 10 nitrogen and oxygen atoms in total. The maximum Gasteiger partial charge on any atom is 0.412 e. The molecule has 0 atom stereocenters. The number of fused-ring (bicyclic) bond motifs is 1. The lowest BCUT2D eigenvalue weighted by molar-refractivity contribution is -0.166. The van der Waals surface area contributed by atoms with Gasteiger partial charge in [0.05, 0.1) is 18.5 Å². The first kappa shape index (κ1) is 25.9. The van der Waals surface area contributed by atoms with Crippen LogP contribution in [0.1, 0.15) is 25.7 Å². The molecule has 2 N–H and O–H groups in total. The summed E-state index contributed by atoms with van der Waals surface area (Å²) in [6, 6.07) is 0. The van der Waals surface area contributed by atoms with Crippen molar-refractivity contribution in [1.82, 2.24) is 19.5 Å². The van der Waals surface area contributed by atoms with E-state index < -0.39 is 45.1 Å². The van der Waals surface area contributed by atoms with Crippen molar-refractivity contribution in [3.63, 3.8) is 0 Å². The maximum absolute atomic E-state index is 12.6. The van der Waals surface area contributed by atoms with Gasteiger partial charge in [0.1, 0.15) is 6.35 Å². The molecule has 1 aliphatic carbocycles. The minimum Gasteiger partial charge on any atom is -0.368 e. The molecule has 196 valence electrons. The molecule has 1 saturated heterocycles. The summed E-state index contributed by atoms with van der Waals surface area (Å²) in [7, 11) is -4.88. The Kier molecular flexibility index (Phi) is 6.94. The molecule has 1 aliphatic heterocycles. The number of halogens is 6. The van der Waals surface area contributed by atoms with Crippen LogP contribution >= 0.6 is 7.60 Å². The van der Waals surface area contributed by atoms with Gasteiger partial charge in [-0.15, -0.1) is 0 Å². The van der Waals surface area contributed by atoms with Gasteiger partial charge < -0.3 is 19.9 Å². The van der Waals surface area contributed by atoms with Crippen molar-refractivity contribution >= 4 is 30.5 Å². The second kappa shape index (κ2) is 9.37. The third-order valence-electron chi connectivity index (χ3n) is 5.51. The van der Waals surface area contributed by atoms with Crippen molar-refractivity contribution in [3.05, 3.63) is 6.33 Å². The first-order chi connectivity index (χ1) is 16.3. The summed E-state index contributed by atoms with van der Waals surface area (Å²) in [6.45, 7) is -2.41. The van der Waals surface area contributed by atoms with Gasteiger partial charge in [-0.05, 0) is 25.7 Å². The molecule has 0 amide bonds.